The van der Waals surface area contributed by atoms with E-state index in [-0.39, 0.29) is 5.91 Å². The van der Waals surface area contributed by atoms with E-state index >= 15 is 0 Å². The third kappa shape index (κ3) is 3.54. The monoisotopic (exact) mass is 252 g/mol. The third-order valence-electron chi connectivity index (χ3n) is 3.06. The fourth-order valence-electron chi connectivity index (χ4n) is 1.99. The fourth-order valence-corrected chi connectivity index (χ4v) is 1.99. The summed E-state index contributed by atoms with van der Waals surface area (Å²) in [6, 6.07) is 0. The Morgan fingerprint density at radius 1 is 1.50 bits per heavy atom. The standard InChI is InChI=1S/C12H20N4O2/c1-15-6-4-13-11(15)12(17)14-3-2-5-16-7-9-18-10-8-16/h4,6H,2-3,5,7-10H2,1H3,(H,14,17). The lowest BCUT2D eigenvalue weighted by atomic mass is 10.3. The minimum Gasteiger partial charge on any atom is -0.379 e. The van der Waals surface area contributed by atoms with Gasteiger partial charge in [-0.3, -0.25) is 9.69 Å². The molecule has 1 N–H and O–H groups in total. The summed E-state index contributed by atoms with van der Waals surface area (Å²) in [6.45, 7) is 5.31. The molecule has 18 heavy (non-hydrogen) atoms. The zero-order valence-corrected chi connectivity index (χ0v) is 10.8. The Morgan fingerprint density at radius 2 is 2.28 bits per heavy atom. The van der Waals surface area contributed by atoms with Crippen molar-refractivity contribution >= 4 is 5.91 Å². The fraction of sp³-hybridized carbons (Fsp3) is 0.667. The summed E-state index contributed by atoms with van der Waals surface area (Å²) in [5.41, 5.74) is 0. The molecule has 0 unspecified atom stereocenters. The van der Waals surface area contributed by atoms with Crippen LogP contribution in [0.5, 0.6) is 0 Å². The van der Waals surface area contributed by atoms with Crippen molar-refractivity contribution in [1.29, 1.82) is 0 Å². The van der Waals surface area contributed by atoms with E-state index in [9.17, 15) is 4.79 Å². The summed E-state index contributed by atoms with van der Waals surface area (Å²) >= 11 is 0. The minimum absolute atomic E-state index is 0.107. The van der Waals surface area contributed by atoms with Gasteiger partial charge in [0.05, 0.1) is 13.2 Å². The topological polar surface area (TPSA) is 59.4 Å². The first kappa shape index (κ1) is 13.0. The highest BCUT2D eigenvalue weighted by molar-refractivity contribution is 5.90. The van der Waals surface area contributed by atoms with E-state index in [1.807, 2.05) is 7.05 Å². The lowest BCUT2D eigenvalue weighted by Crippen LogP contribution is -2.38. The zero-order chi connectivity index (χ0) is 12.8. The summed E-state index contributed by atoms with van der Waals surface area (Å²) in [5.74, 6) is 0.353. The number of morpholine rings is 1. The largest absolute Gasteiger partial charge is 0.379 e. The number of rotatable bonds is 5. The van der Waals surface area contributed by atoms with Gasteiger partial charge < -0.3 is 14.6 Å². The van der Waals surface area contributed by atoms with Gasteiger partial charge in [0, 0.05) is 39.1 Å². The van der Waals surface area contributed by atoms with Gasteiger partial charge in [-0.1, -0.05) is 0 Å². The normalized spacial score (nSPS) is 16.7. The van der Waals surface area contributed by atoms with E-state index in [4.69, 9.17) is 4.74 Å². The van der Waals surface area contributed by atoms with Gasteiger partial charge in [0.1, 0.15) is 0 Å². The molecule has 0 spiro atoms. The van der Waals surface area contributed by atoms with Crippen LogP contribution in [0.15, 0.2) is 12.4 Å². The summed E-state index contributed by atoms with van der Waals surface area (Å²) in [4.78, 5) is 18.1. The molecule has 1 saturated heterocycles. The molecule has 2 heterocycles. The van der Waals surface area contributed by atoms with E-state index in [1.165, 1.54) is 0 Å². The molecule has 1 aromatic heterocycles. The van der Waals surface area contributed by atoms with E-state index in [0.717, 1.165) is 39.3 Å². The number of hydrogen-bond acceptors (Lipinski definition) is 4. The van der Waals surface area contributed by atoms with E-state index < -0.39 is 0 Å². The van der Waals surface area contributed by atoms with E-state index in [0.29, 0.717) is 12.4 Å². The molecule has 0 atom stereocenters. The maximum atomic E-state index is 11.7. The van der Waals surface area contributed by atoms with Crippen LogP contribution >= 0.6 is 0 Å². The summed E-state index contributed by atoms with van der Waals surface area (Å²) in [5, 5.41) is 2.89. The van der Waals surface area contributed by atoms with Gasteiger partial charge in [0.25, 0.3) is 5.91 Å². The molecule has 100 valence electrons. The predicted octanol–water partition coefficient (Wildman–Crippen LogP) is -0.128. The number of imidazole rings is 1. The van der Waals surface area contributed by atoms with Crippen molar-refractivity contribution in [2.45, 2.75) is 6.42 Å². The number of aryl methyl sites for hydroxylation is 1. The average molecular weight is 252 g/mol. The van der Waals surface area contributed by atoms with Crippen LogP contribution in [0.4, 0.5) is 0 Å². The Morgan fingerprint density at radius 3 is 2.94 bits per heavy atom. The SMILES string of the molecule is Cn1ccnc1C(=O)NCCCN1CCOCC1. The van der Waals surface area contributed by atoms with Crippen LogP contribution in [0.25, 0.3) is 0 Å². The Hall–Kier alpha value is -1.40. The van der Waals surface area contributed by atoms with Crippen LogP contribution in [-0.4, -0.2) is 59.8 Å². The number of hydrogen-bond donors (Lipinski definition) is 1. The molecule has 0 aromatic carbocycles. The molecular weight excluding hydrogens is 232 g/mol. The lowest BCUT2D eigenvalue weighted by molar-refractivity contribution is 0.0374. The van der Waals surface area contributed by atoms with Gasteiger partial charge in [-0.15, -0.1) is 0 Å². The quantitative estimate of drug-likeness (QED) is 0.742. The highest BCUT2D eigenvalue weighted by Crippen LogP contribution is 1.98. The van der Waals surface area contributed by atoms with Crippen molar-refractivity contribution in [3.63, 3.8) is 0 Å². The smallest absolute Gasteiger partial charge is 0.287 e. The van der Waals surface area contributed by atoms with Gasteiger partial charge in [-0.25, -0.2) is 4.98 Å². The molecule has 2 rings (SSSR count). The summed E-state index contributed by atoms with van der Waals surface area (Å²) in [6.07, 6.45) is 4.35. The van der Waals surface area contributed by atoms with Crippen LogP contribution in [0.1, 0.15) is 17.0 Å². The predicted molar refractivity (Wildman–Crippen MR) is 67.4 cm³/mol. The first-order valence-electron chi connectivity index (χ1n) is 6.33. The summed E-state index contributed by atoms with van der Waals surface area (Å²) in [7, 11) is 1.82. The molecule has 6 nitrogen and oxygen atoms in total. The first-order valence-corrected chi connectivity index (χ1v) is 6.33. The average Bonchev–Trinajstić information content (AvgIpc) is 2.82. The van der Waals surface area contributed by atoms with Crippen molar-refractivity contribution in [1.82, 2.24) is 19.8 Å². The van der Waals surface area contributed by atoms with Gasteiger partial charge >= 0.3 is 0 Å². The van der Waals surface area contributed by atoms with Crippen molar-refractivity contribution in [3.8, 4) is 0 Å². The van der Waals surface area contributed by atoms with E-state index in [1.54, 1.807) is 17.0 Å². The van der Waals surface area contributed by atoms with Crippen LogP contribution in [0.2, 0.25) is 0 Å². The van der Waals surface area contributed by atoms with E-state index in [2.05, 4.69) is 15.2 Å². The van der Waals surface area contributed by atoms with Crippen LogP contribution in [-0.2, 0) is 11.8 Å². The van der Waals surface area contributed by atoms with Crippen molar-refractivity contribution in [2.75, 3.05) is 39.4 Å². The van der Waals surface area contributed by atoms with Gasteiger partial charge in [0.2, 0.25) is 0 Å². The molecule has 1 aliphatic rings. The Balaban J connectivity index is 1.63. The molecule has 1 fully saturated rings. The van der Waals surface area contributed by atoms with Gasteiger partial charge in [0.15, 0.2) is 5.82 Å². The number of nitrogens with zero attached hydrogens (tertiary/aromatic N) is 3. The van der Waals surface area contributed by atoms with Crippen molar-refractivity contribution in [2.24, 2.45) is 7.05 Å². The number of amides is 1. The Bertz CT molecular complexity index is 385. The first-order chi connectivity index (χ1) is 8.77. The molecule has 1 amide bonds. The molecule has 0 radical (unpaired) electrons. The molecule has 0 bridgehead atoms. The number of nitrogens with one attached hydrogen (secondary N) is 1. The molecule has 0 aliphatic carbocycles. The zero-order valence-electron chi connectivity index (χ0n) is 10.8. The van der Waals surface area contributed by atoms with Gasteiger partial charge in [-0.05, 0) is 13.0 Å². The Kier molecular flexibility index (Phi) is 4.72. The van der Waals surface area contributed by atoms with Gasteiger partial charge in [-0.2, -0.15) is 0 Å². The number of carbonyl (C=O) groups is 1. The molecular formula is C12H20N4O2. The van der Waals surface area contributed by atoms with Crippen LogP contribution in [0, 0.1) is 0 Å². The maximum absolute atomic E-state index is 11.7. The third-order valence-corrected chi connectivity index (χ3v) is 3.06. The number of carbonyl (C=O) groups excluding carboxylic acids is 1. The van der Waals surface area contributed by atoms with Crippen molar-refractivity contribution in [3.05, 3.63) is 18.2 Å². The molecule has 6 heteroatoms. The second kappa shape index (κ2) is 6.51. The highest BCUT2D eigenvalue weighted by Gasteiger charge is 2.11. The number of aromatic nitrogens is 2. The highest BCUT2D eigenvalue weighted by atomic mass is 16.5. The lowest BCUT2D eigenvalue weighted by Gasteiger charge is -2.26. The molecule has 1 aromatic rings. The summed E-state index contributed by atoms with van der Waals surface area (Å²) < 4.78 is 7.00. The minimum atomic E-state index is -0.107. The number of ether oxygens (including phenoxy) is 1. The second-order valence-corrected chi connectivity index (χ2v) is 4.43. The second-order valence-electron chi connectivity index (χ2n) is 4.43. The van der Waals surface area contributed by atoms with Crippen molar-refractivity contribution < 1.29 is 9.53 Å². The van der Waals surface area contributed by atoms with Crippen LogP contribution in [0.3, 0.4) is 0 Å². The maximum Gasteiger partial charge on any atom is 0.287 e. The van der Waals surface area contributed by atoms with Crippen LogP contribution < -0.4 is 5.32 Å². The molecule has 0 saturated carbocycles. The molecule has 1 aliphatic heterocycles. The Labute approximate surface area is 107 Å².